The fourth-order valence-corrected chi connectivity index (χ4v) is 4.27. The maximum absolute atomic E-state index is 11.6. The number of amides is 1. The van der Waals surface area contributed by atoms with Gasteiger partial charge in [-0.2, -0.15) is 0 Å². The molecule has 2 unspecified atom stereocenters. The van der Waals surface area contributed by atoms with E-state index in [4.69, 9.17) is 9.47 Å². The highest BCUT2D eigenvalue weighted by Gasteiger charge is 2.53. The predicted molar refractivity (Wildman–Crippen MR) is 136 cm³/mol. The molecule has 8 heteroatoms. The Labute approximate surface area is 204 Å². The van der Waals surface area contributed by atoms with Gasteiger partial charge in [0.15, 0.2) is 12.6 Å². The van der Waals surface area contributed by atoms with Crippen molar-refractivity contribution < 1.29 is 14.3 Å². The highest BCUT2D eigenvalue weighted by Crippen LogP contribution is 2.48. The minimum atomic E-state index is -0.119. The maximum atomic E-state index is 11.6. The summed E-state index contributed by atoms with van der Waals surface area (Å²) < 4.78 is 11.6. The van der Waals surface area contributed by atoms with Gasteiger partial charge in [0, 0.05) is 38.2 Å². The molecule has 1 aromatic carbocycles. The average Bonchev–Trinajstić information content (AvgIpc) is 2.75. The Morgan fingerprint density at radius 1 is 1.19 bits per heavy atom. The van der Waals surface area contributed by atoms with E-state index in [1.165, 1.54) is 0 Å². The summed E-state index contributed by atoms with van der Waals surface area (Å²) in [6.45, 7) is 10.4. The van der Waals surface area contributed by atoms with Crippen LogP contribution in [0, 0.1) is 5.41 Å². The van der Waals surface area contributed by atoms with E-state index in [-0.39, 0.29) is 41.9 Å². The number of rotatable bonds is 11. The number of aliphatic imine (C=N–C) groups is 1. The molecule has 0 bridgehead atoms. The second kappa shape index (κ2) is 13.8. The van der Waals surface area contributed by atoms with E-state index >= 15 is 0 Å². The number of nitrogens with zero attached hydrogens (tertiary/aromatic N) is 1. The average molecular weight is 546 g/mol. The summed E-state index contributed by atoms with van der Waals surface area (Å²) in [5, 5.41) is 9.72. The lowest BCUT2D eigenvalue weighted by Crippen LogP contribution is -2.65. The molecular formula is C23H39IN4O3. The van der Waals surface area contributed by atoms with Crippen molar-refractivity contribution >= 4 is 35.8 Å². The van der Waals surface area contributed by atoms with Gasteiger partial charge in [-0.05, 0) is 50.8 Å². The highest BCUT2D eigenvalue weighted by molar-refractivity contribution is 14.0. The smallest absolute Gasteiger partial charge is 0.257 e. The van der Waals surface area contributed by atoms with E-state index in [2.05, 4.69) is 41.7 Å². The van der Waals surface area contributed by atoms with E-state index in [0.29, 0.717) is 31.0 Å². The van der Waals surface area contributed by atoms with Crippen molar-refractivity contribution in [1.82, 2.24) is 16.0 Å². The molecule has 7 nitrogen and oxygen atoms in total. The molecule has 0 spiro atoms. The van der Waals surface area contributed by atoms with Gasteiger partial charge in [0.05, 0.1) is 6.10 Å². The van der Waals surface area contributed by atoms with Crippen LogP contribution in [0.3, 0.4) is 0 Å². The number of halogens is 1. The number of carbonyl (C=O) groups excluding carboxylic acids is 1. The number of nitrogens with one attached hydrogen (secondary N) is 3. The first-order valence-corrected chi connectivity index (χ1v) is 11.1. The lowest BCUT2D eigenvalue weighted by Gasteiger charge is -2.55. The van der Waals surface area contributed by atoms with Gasteiger partial charge in [-0.25, -0.2) is 0 Å². The Kier molecular flexibility index (Phi) is 12.2. The Morgan fingerprint density at radius 2 is 1.94 bits per heavy atom. The van der Waals surface area contributed by atoms with E-state index in [1.807, 2.05) is 31.2 Å². The van der Waals surface area contributed by atoms with Crippen molar-refractivity contribution in [2.45, 2.75) is 65.6 Å². The number of benzene rings is 1. The van der Waals surface area contributed by atoms with Crippen LogP contribution in [0.15, 0.2) is 29.3 Å². The molecule has 0 radical (unpaired) electrons. The third-order valence-electron chi connectivity index (χ3n) is 6.11. The Hall–Kier alpha value is -1.55. The van der Waals surface area contributed by atoms with Crippen molar-refractivity contribution in [2.24, 2.45) is 10.4 Å². The van der Waals surface area contributed by atoms with Crippen LogP contribution in [-0.4, -0.2) is 50.8 Å². The van der Waals surface area contributed by atoms with Gasteiger partial charge in [-0.1, -0.05) is 26.0 Å². The standard InChI is InChI=1S/C23H38N4O3.HI/c1-6-23(7-2)19(14-20(23)29-9-4)27-22(24-5)26-15-17-11-10-12-18(13-17)30-16-21(28)25-8-3;/h10-13,19-20H,6-9,14-16H2,1-5H3,(H,25,28)(H2,24,26,27);1H. The predicted octanol–water partition coefficient (Wildman–Crippen LogP) is 3.47. The summed E-state index contributed by atoms with van der Waals surface area (Å²) >= 11 is 0. The molecule has 31 heavy (non-hydrogen) atoms. The van der Waals surface area contributed by atoms with Crippen LogP contribution in [0.1, 0.15) is 52.5 Å². The van der Waals surface area contributed by atoms with E-state index in [0.717, 1.165) is 37.4 Å². The van der Waals surface area contributed by atoms with Gasteiger partial charge in [-0.15, -0.1) is 24.0 Å². The molecule has 1 aliphatic rings. The van der Waals surface area contributed by atoms with Crippen molar-refractivity contribution in [1.29, 1.82) is 0 Å². The normalized spacial score (nSPS) is 19.6. The van der Waals surface area contributed by atoms with Crippen molar-refractivity contribution in [3.8, 4) is 5.75 Å². The Morgan fingerprint density at radius 3 is 2.55 bits per heavy atom. The summed E-state index contributed by atoms with van der Waals surface area (Å²) in [5.74, 6) is 1.35. The molecule has 0 aliphatic heterocycles. The monoisotopic (exact) mass is 546 g/mol. The second-order valence-corrected chi connectivity index (χ2v) is 7.63. The van der Waals surface area contributed by atoms with E-state index in [9.17, 15) is 4.79 Å². The summed E-state index contributed by atoms with van der Waals surface area (Å²) in [7, 11) is 1.79. The zero-order valence-electron chi connectivity index (χ0n) is 19.5. The highest BCUT2D eigenvalue weighted by atomic mass is 127. The molecule has 0 heterocycles. The minimum Gasteiger partial charge on any atom is -0.484 e. The third kappa shape index (κ3) is 7.24. The van der Waals surface area contributed by atoms with Crippen LogP contribution in [0.2, 0.25) is 0 Å². The zero-order valence-corrected chi connectivity index (χ0v) is 21.8. The van der Waals surface area contributed by atoms with Gasteiger partial charge < -0.3 is 25.4 Å². The molecule has 176 valence electrons. The SMILES string of the molecule is CCNC(=O)COc1cccc(CNC(=NC)NC2CC(OCC)C2(CC)CC)c1.I. The maximum Gasteiger partial charge on any atom is 0.257 e. The van der Waals surface area contributed by atoms with E-state index in [1.54, 1.807) is 7.05 Å². The first-order valence-electron chi connectivity index (χ1n) is 11.1. The van der Waals surface area contributed by atoms with Crippen molar-refractivity contribution in [3.63, 3.8) is 0 Å². The number of ether oxygens (including phenoxy) is 2. The lowest BCUT2D eigenvalue weighted by molar-refractivity contribution is -0.133. The van der Waals surface area contributed by atoms with Crippen molar-refractivity contribution in [3.05, 3.63) is 29.8 Å². The first kappa shape index (κ1) is 27.5. The zero-order chi connectivity index (χ0) is 22.0. The van der Waals surface area contributed by atoms with Gasteiger partial charge in [0.2, 0.25) is 0 Å². The Balaban J connectivity index is 0.00000480. The molecule has 1 amide bonds. The van der Waals surface area contributed by atoms with Crippen LogP contribution in [0.25, 0.3) is 0 Å². The van der Waals surface area contributed by atoms with Crippen LogP contribution < -0.4 is 20.7 Å². The number of hydrogen-bond acceptors (Lipinski definition) is 4. The van der Waals surface area contributed by atoms with Gasteiger partial charge in [0.1, 0.15) is 5.75 Å². The summed E-state index contributed by atoms with van der Waals surface area (Å²) in [5.41, 5.74) is 1.21. The summed E-state index contributed by atoms with van der Waals surface area (Å²) in [6.07, 6.45) is 3.47. The molecule has 0 saturated heterocycles. The summed E-state index contributed by atoms with van der Waals surface area (Å²) in [4.78, 5) is 16.0. The second-order valence-electron chi connectivity index (χ2n) is 7.63. The quantitative estimate of drug-likeness (QED) is 0.225. The third-order valence-corrected chi connectivity index (χ3v) is 6.11. The number of likely N-dealkylation sites (N-methyl/N-ethyl adjacent to an activating group) is 1. The van der Waals surface area contributed by atoms with Gasteiger partial charge in [0.25, 0.3) is 5.91 Å². The molecular weight excluding hydrogens is 507 g/mol. The van der Waals surface area contributed by atoms with Crippen LogP contribution in [-0.2, 0) is 16.1 Å². The lowest BCUT2D eigenvalue weighted by atomic mass is 9.58. The largest absolute Gasteiger partial charge is 0.484 e. The molecule has 2 rings (SSSR count). The number of carbonyl (C=O) groups is 1. The fourth-order valence-electron chi connectivity index (χ4n) is 4.27. The van der Waals surface area contributed by atoms with Crippen LogP contribution in [0.4, 0.5) is 0 Å². The van der Waals surface area contributed by atoms with Crippen LogP contribution in [0.5, 0.6) is 5.75 Å². The first-order chi connectivity index (χ1) is 14.5. The molecule has 1 saturated carbocycles. The number of guanidine groups is 1. The topological polar surface area (TPSA) is 84.0 Å². The molecule has 0 aromatic heterocycles. The van der Waals surface area contributed by atoms with Crippen molar-refractivity contribution in [2.75, 3.05) is 26.8 Å². The molecule has 3 N–H and O–H groups in total. The minimum absolute atomic E-state index is 0. The molecule has 1 fully saturated rings. The van der Waals surface area contributed by atoms with Gasteiger partial charge >= 0.3 is 0 Å². The Bertz CT molecular complexity index is 710. The molecule has 1 aromatic rings. The number of hydrogen-bond donors (Lipinski definition) is 3. The van der Waals surface area contributed by atoms with E-state index < -0.39 is 0 Å². The molecule has 1 aliphatic carbocycles. The fraction of sp³-hybridized carbons (Fsp3) is 0.652. The summed E-state index contributed by atoms with van der Waals surface area (Å²) in [6, 6.07) is 8.10. The van der Waals surface area contributed by atoms with Gasteiger partial charge in [-0.3, -0.25) is 9.79 Å². The molecule has 2 atom stereocenters. The van der Waals surface area contributed by atoms with Crippen LogP contribution >= 0.6 is 24.0 Å².